The maximum absolute atomic E-state index is 10.4. The normalized spacial score (nSPS) is 19.1. The Labute approximate surface area is 149 Å². The molecule has 136 valence electrons. The highest BCUT2D eigenvalue weighted by atomic mass is 16.5. The number of aliphatic hydroxyl groups excluding tert-OH is 1. The third-order valence-electron chi connectivity index (χ3n) is 4.74. The molecule has 2 heterocycles. The van der Waals surface area contributed by atoms with E-state index >= 15 is 0 Å². The van der Waals surface area contributed by atoms with Crippen molar-refractivity contribution in [1.29, 1.82) is 0 Å². The number of hydrogen-bond donors (Lipinski definition) is 1. The zero-order valence-corrected chi connectivity index (χ0v) is 15.2. The van der Waals surface area contributed by atoms with Gasteiger partial charge in [-0.1, -0.05) is 18.2 Å². The summed E-state index contributed by atoms with van der Waals surface area (Å²) in [4.78, 5) is 2.31. The molecule has 2 atom stereocenters. The molecule has 25 heavy (non-hydrogen) atoms. The summed E-state index contributed by atoms with van der Waals surface area (Å²) in [6, 6.07) is 9.83. The lowest BCUT2D eigenvalue weighted by Crippen LogP contribution is -2.35. The Bertz CT molecular complexity index is 687. The second-order valence-corrected chi connectivity index (χ2v) is 6.56. The molecule has 1 aromatic carbocycles. The highest BCUT2D eigenvalue weighted by Gasteiger charge is 2.33. The summed E-state index contributed by atoms with van der Waals surface area (Å²) in [7, 11) is 3.58. The van der Waals surface area contributed by atoms with Crippen LogP contribution in [0, 0.1) is 6.92 Å². The van der Waals surface area contributed by atoms with Gasteiger partial charge in [0, 0.05) is 19.6 Å². The van der Waals surface area contributed by atoms with Crippen LogP contribution in [-0.4, -0.2) is 52.7 Å². The average Bonchev–Trinajstić information content (AvgIpc) is 3.16. The number of likely N-dealkylation sites (tertiary alicyclic amines) is 1. The van der Waals surface area contributed by atoms with Gasteiger partial charge in [0.15, 0.2) is 0 Å². The van der Waals surface area contributed by atoms with Crippen molar-refractivity contribution in [3.05, 3.63) is 41.6 Å². The van der Waals surface area contributed by atoms with Crippen LogP contribution in [0.25, 0.3) is 0 Å². The van der Waals surface area contributed by atoms with Crippen LogP contribution in [-0.2, 0) is 7.05 Å². The fourth-order valence-corrected chi connectivity index (χ4v) is 3.68. The molecule has 3 rings (SSSR count). The molecule has 1 aromatic heterocycles. The van der Waals surface area contributed by atoms with E-state index in [0.717, 1.165) is 42.3 Å². The average molecular weight is 345 g/mol. The molecule has 6 nitrogen and oxygen atoms in total. The lowest BCUT2D eigenvalue weighted by molar-refractivity contribution is 0.0634. The Morgan fingerprint density at radius 2 is 2.08 bits per heavy atom. The minimum Gasteiger partial charge on any atom is -0.491 e. The van der Waals surface area contributed by atoms with E-state index in [0.29, 0.717) is 6.54 Å². The molecule has 2 aromatic rings. The minimum atomic E-state index is -0.538. The molecule has 0 unspecified atom stereocenters. The number of nitrogens with zero attached hydrogens (tertiary/aromatic N) is 3. The molecule has 0 spiro atoms. The Balaban J connectivity index is 1.64. The predicted octanol–water partition coefficient (Wildman–Crippen LogP) is 2.31. The van der Waals surface area contributed by atoms with E-state index in [1.54, 1.807) is 11.8 Å². The molecule has 6 heteroatoms. The van der Waals surface area contributed by atoms with Crippen LogP contribution < -0.4 is 9.47 Å². The summed E-state index contributed by atoms with van der Waals surface area (Å²) in [5.41, 5.74) is 2.13. The van der Waals surface area contributed by atoms with E-state index in [9.17, 15) is 5.11 Å². The van der Waals surface area contributed by atoms with Gasteiger partial charge in [-0.25, -0.2) is 4.68 Å². The number of methoxy groups -OCH3 is 1. The van der Waals surface area contributed by atoms with Gasteiger partial charge in [0.1, 0.15) is 18.5 Å². The Morgan fingerprint density at radius 3 is 2.80 bits per heavy atom. The van der Waals surface area contributed by atoms with Crippen molar-refractivity contribution in [3.63, 3.8) is 0 Å². The van der Waals surface area contributed by atoms with Gasteiger partial charge in [-0.2, -0.15) is 5.10 Å². The Morgan fingerprint density at radius 1 is 1.32 bits per heavy atom. The van der Waals surface area contributed by atoms with Crippen LogP contribution in [0.2, 0.25) is 0 Å². The molecule has 1 saturated heterocycles. The smallest absolute Gasteiger partial charge is 0.216 e. The first-order valence-corrected chi connectivity index (χ1v) is 8.77. The maximum atomic E-state index is 10.4. The zero-order valence-electron chi connectivity index (χ0n) is 15.2. The van der Waals surface area contributed by atoms with Gasteiger partial charge in [-0.05, 0) is 38.4 Å². The van der Waals surface area contributed by atoms with Gasteiger partial charge >= 0.3 is 0 Å². The summed E-state index contributed by atoms with van der Waals surface area (Å²) >= 11 is 0. The van der Waals surface area contributed by atoms with Crippen molar-refractivity contribution in [1.82, 2.24) is 14.7 Å². The largest absolute Gasteiger partial charge is 0.491 e. The van der Waals surface area contributed by atoms with E-state index in [4.69, 9.17) is 9.47 Å². The summed E-state index contributed by atoms with van der Waals surface area (Å²) in [5, 5.41) is 14.9. The van der Waals surface area contributed by atoms with Crippen LogP contribution in [0.1, 0.15) is 30.1 Å². The summed E-state index contributed by atoms with van der Waals surface area (Å²) in [5.74, 6) is 1.59. The van der Waals surface area contributed by atoms with E-state index in [1.165, 1.54) is 0 Å². The van der Waals surface area contributed by atoms with Crippen LogP contribution in [0.15, 0.2) is 30.3 Å². The molecule has 0 amide bonds. The Hall–Kier alpha value is -2.05. The predicted molar refractivity (Wildman–Crippen MR) is 96.0 cm³/mol. The van der Waals surface area contributed by atoms with Crippen LogP contribution >= 0.6 is 0 Å². The topological polar surface area (TPSA) is 59.8 Å². The van der Waals surface area contributed by atoms with Crippen molar-refractivity contribution >= 4 is 0 Å². The van der Waals surface area contributed by atoms with Gasteiger partial charge in [-0.15, -0.1) is 0 Å². The van der Waals surface area contributed by atoms with Gasteiger partial charge in [0.25, 0.3) is 0 Å². The molecule has 1 aliphatic heterocycles. The van der Waals surface area contributed by atoms with Crippen molar-refractivity contribution in [2.75, 3.05) is 26.8 Å². The third-order valence-corrected chi connectivity index (χ3v) is 4.74. The van der Waals surface area contributed by atoms with Crippen LogP contribution in [0.4, 0.5) is 0 Å². The molecule has 0 saturated carbocycles. The molecular formula is C19H27N3O3. The number of aryl methyl sites for hydroxylation is 2. The molecule has 1 aliphatic rings. The van der Waals surface area contributed by atoms with E-state index in [2.05, 4.69) is 10.00 Å². The summed E-state index contributed by atoms with van der Waals surface area (Å²) in [6.45, 7) is 3.85. The second kappa shape index (κ2) is 7.89. The molecule has 0 bridgehead atoms. The quantitative estimate of drug-likeness (QED) is 0.834. The highest BCUT2D eigenvalue weighted by Crippen LogP contribution is 2.38. The maximum Gasteiger partial charge on any atom is 0.216 e. The lowest BCUT2D eigenvalue weighted by atomic mass is 10.0. The number of para-hydroxylation sites is 1. The lowest BCUT2D eigenvalue weighted by Gasteiger charge is -2.27. The molecule has 0 aliphatic carbocycles. The second-order valence-electron chi connectivity index (χ2n) is 6.56. The molecule has 1 N–H and O–H groups in total. The number of aliphatic hydroxyl groups is 1. The first kappa shape index (κ1) is 17.8. The summed E-state index contributed by atoms with van der Waals surface area (Å²) in [6.07, 6.45) is 1.62. The monoisotopic (exact) mass is 345 g/mol. The fourth-order valence-electron chi connectivity index (χ4n) is 3.68. The number of ether oxygens (including phenoxy) is 2. The van der Waals surface area contributed by atoms with Crippen LogP contribution in [0.5, 0.6) is 11.6 Å². The number of hydrogen-bond acceptors (Lipinski definition) is 5. The van der Waals surface area contributed by atoms with E-state index in [1.807, 2.05) is 44.3 Å². The number of rotatable bonds is 7. The number of β-amino-alcohol motifs (C(OH)–C–C–N with tert-alkyl or cyclic N) is 1. The highest BCUT2D eigenvalue weighted by molar-refractivity contribution is 5.35. The van der Waals surface area contributed by atoms with Gasteiger partial charge < -0.3 is 14.6 Å². The van der Waals surface area contributed by atoms with Gasteiger partial charge in [0.05, 0.1) is 18.4 Å². The van der Waals surface area contributed by atoms with Gasteiger partial charge in [-0.3, -0.25) is 4.90 Å². The van der Waals surface area contributed by atoms with E-state index in [-0.39, 0.29) is 12.6 Å². The van der Waals surface area contributed by atoms with Crippen molar-refractivity contribution in [2.45, 2.75) is 31.9 Å². The standard InChI is InChI=1S/C19H27N3O3/c1-14-18(19(24-3)21(2)20-14)17-10-7-11-22(17)12-15(23)13-25-16-8-5-4-6-9-16/h4-6,8-9,15,17,23H,7,10-13H2,1-3H3/t15-,17+/m1/s1. The molecule has 0 radical (unpaired) electrons. The van der Waals surface area contributed by atoms with Crippen molar-refractivity contribution < 1.29 is 14.6 Å². The summed E-state index contributed by atoms with van der Waals surface area (Å²) < 4.78 is 13.0. The van der Waals surface area contributed by atoms with Crippen molar-refractivity contribution in [2.24, 2.45) is 7.05 Å². The molecule has 1 fully saturated rings. The third kappa shape index (κ3) is 3.96. The zero-order chi connectivity index (χ0) is 17.8. The number of benzene rings is 1. The van der Waals surface area contributed by atoms with E-state index < -0.39 is 6.10 Å². The fraction of sp³-hybridized carbons (Fsp3) is 0.526. The van der Waals surface area contributed by atoms with Crippen molar-refractivity contribution in [3.8, 4) is 11.6 Å². The molecular weight excluding hydrogens is 318 g/mol. The first-order valence-electron chi connectivity index (χ1n) is 8.77. The van der Waals surface area contributed by atoms with Gasteiger partial charge in [0.2, 0.25) is 5.88 Å². The number of aromatic nitrogens is 2. The van der Waals surface area contributed by atoms with Crippen LogP contribution in [0.3, 0.4) is 0 Å². The minimum absolute atomic E-state index is 0.232. The first-order chi connectivity index (χ1) is 12.1. The SMILES string of the molecule is COc1c([C@@H]2CCCN2C[C@@H](O)COc2ccccc2)c(C)nn1C. The Kier molecular flexibility index (Phi) is 5.60.